The number of aromatic nitrogens is 6. The van der Waals surface area contributed by atoms with E-state index >= 15 is 0 Å². The molecule has 0 saturated carbocycles. The van der Waals surface area contributed by atoms with Gasteiger partial charge in [-0.15, -0.1) is 23.3 Å². The van der Waals surface area contributed by atoms with Crippen LogP contribution < -0.4 is 0 Å². The zero-order valence-electron chi connectivity index (χ0n) is 80.5. The van der Waals surface area contributed by atoms with Crippen LogP contribution in [0.3, 0.4) is 0 Å². The van der Waals surface area contributed by atoms with Crippen molar-refractivity contribution in [2.75, 3.05) is 0 Å². The molecule has 11 aromatic carbocycles. The van der Waals surface area contributed by atoms with Gasteiger partial charge in [-0.3, -0.25) is 19.9 Å². The Kier molecular flexibility index (Phi) is 63.6. The Morgan fingerprint density at radius 3 is 1.11 bits per heavy atom. The molecule has 7 heteroatoms. The normalized spacial score (nSPS) is 9.11. The van der Waals surface area contributed by atoms with Gasteiger partial charge in [0, 0.05) is 94.9 Å². The summed E-state index contributed by atoms with van der Waals surface area (Å²) in [6, 6.07) is 93.0. The van der Waals surface area contributed by atoms with E-state index in [9.17, 15) is 0 Å². The minimum atomic E-state index is 0. The molecular weight excluding hydrogens is 1520 g/mol. The summed E-state index contributed by atoms with van der Waals surface area (Å²) in [6.45, 7) is 72.9. The minimum Gasteiger partial charge on any atom is -0.261 e. The van der Waals surface area contributed by atoms with Gasteiger partial charge in [0.2, 0.25) is 0 Å². The van der Waals surface area contributed by atoms with Gasteiger partial charge in [0.1, 0.15) is 5.82 Å². The molecule has 0 aliphatic carbocycles. The Balaban J connectivity index is -0.00000127. The maximum atomic E-state index is 4.44. The van der Waals surface area contributed by atoms with Crippen molar-refractivity contribution in [3.63, 3.8) is 0 Å². The molecule has 0 bridgehead atoms. The van der Waals surface area contributed by atoms with E-state index in [2.05, 4.69) is 273 Å². The van der Waals surface area contributed by atoms with Gasteiger partial charge >= 0.3 is 0 Å². The summed E-state index contributed by atoms with van der Waals surface area (Å²) in [5, 5.41) is 15.7. The van der Waals surface area contributed by atoms with Gasteiger partial charge in [-0.25, -0.2) is 21.1 Å². The summed E-state index contributed by atoms with van der Waals surface area (Å²) in [7, 11) is 0. The summed E-state index contributed by atoms with van der Waals surface area (Å²) < 4.78 is 0. The van der Waals surface area contributed by atoms with E-state index in [-0.39, 0.29) is 32.7 Å². The molecule has 0 aliphatic heterocycles. The molecule has 0 fully saturated rings. The van der Waals surface area contributed by atoms with E-state index in [1.165, 1.54) is 98.2 Å². The third-order valence-electron chi connectivity index (χ3n) is 16.8. The maximum Gasteiger partial charge on any atom is 0.126 e. The molecule has 0 atom stereocenters. The molecule has 1 radical (unpaired) electrons. The summed E-state index contributed by atoms with van der Waals surface area (Å²) in [5.41, 5.74) is 22.2. The molecule has 6 nitrogen and oxygen atoms in total. The van der Waals surface area contributed by atoms with Crippen molar-refractivity contribution in [2.45, 2.75) is 249 Å². The third kappa shape index (κ3) is 39.6. The third-order valence-corrected chi connectivity index (χ3v) is 16.8. The first-order valence-corrected chi connectivity index (χ1v) is 43.6. The van der Waals surface area contributed by atoms with Crippen LogP contribution in [0.1, 0.15) is 229 Å². The molecule has 119 heavy (non-hydrogen) atoms. The summed E-state index contributed by atoms with van der Waals surface area (Å²) in [5.74, 6) is 0.839. The van der Waals surface area contributed by atoms with Crippen molar-refractivity contribution >= 4 is 75.7 Å². The van der Waals surface area contributed by atoms with Crippen molar-refractivity contribution in [1.29, 1.82) is 0 Å². The number of rotatable bonds is 1. The predicted molar refractivity (Wildman–Crippen MR) is 533 cm³/mol. The van der Waals surface area contributed by atoms with Crippen molar-refractivity contribution in [2.24, 2.45) is 0 Å². The van der Waals surface area contributed by atoms with Crippen LogP contribution in [0, 0.1) is 123 Å². The van der Waals surface area contributed by atoms with Crippen LogP contribution in [-0.2, 0) is 32.7 Å². The average Bonchev–Trinajstić information content (AvgIpc) is 0.754. The quantitative estimate of drug-likeness (QED) is 0.120. The summed E-state index contributed by atoms with van der Waals surface area (Å²) >= 11 is 0. The molecule has 0 saturated heterocycles. The van der Waals surface area contributed by atoms with E-state index in [0.29, 0.717) is 0 Å². The van der Waals surface area contributed by atoms with Crippen LogP contribution in [0.4, 0.5) is 0 Å². The molecule has 5 aromatic heterocycles. The van der Waals surface area contributed by atoms with Crippen LogP contribution >= 0.6 is 0 Å². The monoisotopic (exact) mass is 1670 g/mol. The van der Waals surface area contributed by atoms with Gasteiger partial charge in [0.15, 0.2) is 0 Å². The first-order chi connectivity index (χ1) is 57.2. The van der Waals surface area contributed by atoms with Gasteiger partial charge < -0.3 is 0 Å². The number of pyridine rings is 4. The summed E-state index contributed by atoms with van der Waals surface area (Å²) in [6.07, 6.45) is 1.87. The second-order valence-electron chi connectivity index (χ2n) is 25.4. The molecule has 16 rings (SSSR count). The SMILES string of the molecule is CC.CC.CC.CC.CC.CC.CC.CC.CC.CC.Cc1[c-]c(-c2[c-]ccc(C)c2)ccc1.Cc1cc(C)c2ccccc2n1.Cc1cc2ccccc2c(C)n1.Cc1ccc(C)nc1.Cc1ccc2ccc(C)cc2c1.Cc1cccc(C)n1.Cc1cccc2c1ccc1c3cccc(C)c3ccc21.Cc1nc(C)c2ccccc2n1.[Y]. The predicted octanol–water partition coefficient (Wildman–Crippen LogP) is 34.4. The van der Waals surface area contributed by atoms with Crippen molar-refractivity contribution in [1.82, 2.24) is 29.9 Å². The molecule has 0 unspecified atom stereocenters. The van der Waals surface area contributed by atoms with Crippen molar-refractivity contribution < 1.29 is 32.7 Å². The molecule has 5 heterocycles. The number of para-hydroxylation sites is 2. The van der Waals surface area contributed by atoms with Gasteiger partial charge in [0.25, 0.3) is 0 Å². The van der Waals surface area contributed by atoms with E-state index < -0.39 is 0 Å². The number of fused-ring (bicyclic) bond motifs is 9. The van der Waals surface area contributed by atoms with Crippen molar-refractivity contribution in [3.8, 4) is 11.1 Å². The van der Waals surface area contributed by atoms with Gasteiger partial charge in [-0.05, 0) is 210 Å². The number of hydrogen-bond acceptors (Lipinski definition) is 6. The molecule has 633 valence electrons. The molecule has 0 amide bonds. The van der Waals surface area contributed by atoms with Crippen LogP contribution in [0.2, 0.25) is 0 Å². The average molecular weight is 1670 g/mol. The molecule has 16 aromatic rings. The Morgan fingerprint density at radius 1 is 0.227 bits per heavy atom. The Bertz CT molecular complexity index is 4970. The summed E-state index contributed by atoms with van der Waals surface area (Å²) in [4.78, 5) is 25.7. The Morgan fingerprint density at radius 2 is 0.639 bits per heavy atom. The topological polar surface area (TPSA) is 77.3 Å². The van der Waals surface area contributed by atoms with Crippen LogP contribution in [0.15, 0.2) is 255 Å². The molecule has 0 aliphatic rings. The second-order valence-corrected chi connectivity index (χ2v) is 25.4. The zero-order chi connectivity index (χ0) is 89.8. The number of aryl methyl sites for hydroxylation is 16. The van der Waals surface area contributed by atoms with E-state index in [4.69, 9.17) is 0 Å². The molecule has 0 spiro atoms. The fourth-order valence-electron chi connectivity index (χ4n) is 11.9. The fourth-order valence-corrected chi connectivity index (χ4v) is 11.9. The van der Waals surface area contributed by atoms with Crippen LogP contribution in [-0.4, -0.2) is 29.9 Å². The minimum absolute atomic E-state index is 0. The second kappa shape index (κ2) is 66.9. The van der Waals surface area contributed by atoms with Crippen molar-refractivity contribution in [3.05, 3.63) is 357 Å². The van der Waals surface area contributed by atoms with E-state index in [1.54, 1.807) is 0 Å². The standard InChI is InChI=1S/C20H16.C14H12.C12H12.2C11H11N.C10H10N2.2C7H9N.10C2H6.Y/c1-13-5-3-7-17-15(13)9-11-20-18-8-4-6-14(2)16(18)10-12-19(17)20;1-11-5-3-7-13(9-11)14-8-4-6-12(2)10-14;1-9-3-5-11-6-4-10(2)8-12(11)7-9;1-8-7-10-5-3-4-6-11(10)9(2)12-8;1-8-7-9(2)12-11-6-4-3-5-10(8)11;1-7-9-5-3-4-6-10(9)12-8(2)11-7;1-6-3-4-7(2)8-5-6;1-6-4-3-5-7(2)8-6;10*1-2;/h3-12H,1-2H3;3-7,10H,1-2H3;3-8H,1-2H3;2*3-7H,1-2H3;3-6H,1-2H3;2*3-5H,1-2H3;10*1-2H3;/q;-2;;;;;;;;;;;;;;;;;. The maximum absolute atomic E-state index is 4.44. The Labute approximate surface area is 750 Å². The van der Waals surface area contributed by atoms with Gasteiger partial charge in [-0.2, -0.15) is 36.4 Å². The molecule has 0 N–H and O–H groups in total. The number of benzene rings is 11. The molecular formula is C112H150N6Y-2. The smallest absolute Gasteiger partial charge is 0.126 e. The largest absolute Gasteiger partial charge is 0.261 e. The van der Waals surface area contributed by atoms with Crippen LogP contribution in [0.5, 0.6) is 0 Å². The zero-order valence-corrected chi connectivity index (χ0v) is 83.3. The van der Waals surface area contributed by atoms with Gasteiger partial charge in [0.05, 0.1) is 11.0 Å². The first-order valence-electron chi connectivity index (χ1n) is 43.6. The Hall–Kier alpha value is -9.98. The van der Waals surface area contributed by atoms with Gasteiger partial charge in [-0.1, -0.05) is 333 Å². The fraction of sp³-hybridized carbons (Fsp3) is 0.321. The van der Waals surface area contributed by atoms with E-state index in [0.717, 1.165) is 78.8 Å². The number of nitrogens with zero attached hydrogens (tertiary/aromatic N) is 6. The number of hydrogen-bond donors (Lipinski definition) is 0. The van der Waals surface area contributed by atoms with E-state index in [1.807, 2.05) is 273 Å². The van der Waals surface area contributed by atoms with Crippen LogP contribution in [0.25, 0.3) is 86.8 Å². The first kappa shape index (κ1) is 113.